The maximum absolute atomic E-state index is 12.6. The molecule has 18 heavy (non-hydrogen) atoms. The van der Waals surface area contributed by atoms with E-state index in [0.717, 1.165) is 0 Å². The van der Waals surface area contributed by atoms with Crippen LogP contribution in [0.4, 0.5) is 22.0 Å². The number of aromatic nitrogens is 1. The molecule has 1 rings (SSSR count). The molecule has 0 saturated carbocycles. The van der Waals surface area contributed by atoms with E-state index in [9.17, 15) is 26.7 Å². The van der Waals surface area contributed by atoms with Gasteiger partial charge in [-0.3, -0.25) is 0 Å². The van der Waals surface area contributed by atoms with Gasteiger partial charge < -0.3 is 9.84 Å². The van der Waals surface area contributed by atoms with Gasteiger partial charge in [0.15, 0.2) is 5.75 Å². The third-order valence-electron chi connectivity index (χ3n) is 1.68. The van der Waals surface area contributed by atoms with Crippen molar-refractivity contribution in [2.24, 2.45) is 0 Å². The molecule has 0 aliphatic rings. The van der Waals surface area contributed by atoms with Gasteiger partial charge in [0.1, 0.15) is 9.26 Å². The SMILES string of the molecule is O=C(O)c1cnc(I)c(C(F)F)c1OC(F)(F)F. The Kier molecular flexibility index (Phi) is 4.29. The number of carboxylic acid groups (broad SMARTS) is 1. The predicted octanol–water partition coefficient (Wildman–Crippen LogP) is 3.22. The lowest BCUT2D eigenvalue weighted by molar-refractivity contribution is -0.275. The number of hydrogen-bond acceptors (Lipinski definition) is 3. The van der Waals surface area contributed by atoms with Crippen molar-refractivity contribution < 1.29 is 36.6 Å². The molecule has 10 heteroatoms. The van der Waals surface area contributed by atoms with Gasteiger partial charge in [0.05, 0.1) is 5.56 Å². The number of aromatic carboxylic acids is 1. The van der Waals surface area contributed by atoms with Gasteiger partial charge >= 0.3 is 12.3 Å². The molecule has 4 nitrogen and oxygen atoms in total. The zero-order valence-corrected chi connectivity index (χ0v) is 10.3. The van der Waals surface area contributed by atoms with E-state index < -0.39 is 39.3 Å². The molecule has 100 valence electrons. The largest absolute Gasteiger partial charge is 0.573 e. The van der Waals surface area contributed by atoms with Crippen molar-refractivity contribution in [2.75, 3.05) is 0 Å². The number of pyridine rings is 1. The summed E-state index contributed by atoms with van der Waals surface area (Å²) in [5.41, 5.74) is -2.28. The van der Waals surface area contributed by atoms with Crippen molar-refractivity contribution in [2.45, 2.75) is 12.8 Å². The van der Waals surface area contributed by atoms with Crippen LogP contribution in [0.25, 0.3) is 0 Å². The van der Waals surface area contributed by atoms with E-state index in [4.69, 9.17) is 5.11 Å². The molecule has 0 aliphatic carbocycles. The number of nitrogens with zero attached hydrogens (tertiary/aromatic N) is 1. The lowest BCUT2D eigenvalue weighted by Gasteiger charge is -2.15. The molecular weight excluding hydrogens is 380 g/mol. The van der Waals surface area contributed by atoms with Crippen LogP contribution in [-0.2, 0) is 0 Å². The van der Waals surface area contributed by atoms with Crippen molar-refractivity contribution in [3.8, 4) is 5.75 Å². The van der Waals surface area contributed by atoms with E-state index in [2.05, 4.69) is 9.72 Å². The Morgan fingerprint density at radius 1 is 1.44 bits per heavy atom. The highest BCUT2D eigenvalue weighted by Crippen LogP contribution is 2.37. The van der Waals surface area contributed by atoms with Gasteiger partial charge in [0.2, 0.25) is 0 Å². The summed E-state index contributed by atoms with van der Waals surface area (Å²) in [6, 6.07) is 0. The third-order valence-corrected chi connectivity index (χ3v) is 2.54. The van der Waals surface area contributed by atoms with E-state index in [-0.39, 0.29) is 0 Å². The third kappa shape index (κ3) is 3.40. The molecule has 0 aromatic carbocycles. The molecule has 1 aromatic heterocycles. The Morgan fingerprint density at radius 3 is 2.39 bits per heavy atom. The zero-order chi connectivity index (χ0) is 14.1. The molecular formula is C8H3F5INO3. The number of alkyl halides is 5. The van der Waals surface area contributed by atoms with Gasteiger partial charge in [-0.05, 0) is 22.6 Å². The van der Waals surface area contributed by atoms with Crippen LogP contribution in [0.2, 0.25) is 0 Å². The topological polar surface area (TPSA) is 59.4 Å². The number of carbonyl (C=O) groups is 1. The van der Waals surface area contributed by atoms with Crippen molar-refractivity contribution in [1.29, 1.82) is 0 Å². The van der Waals surface area contributed by atoms with Gasteiger partial charge in [-0.2, -0.15) is 0 Å². The summed E-state index contributed by atoms with van der Waals surface area (Å²) >= 11 is 1.26. The van der Waals surface area contributed by atoms with Gasteiger partial charge in [0.25, 0.3) is 6.43 Å². The summed E-state index contributed by atoms with van der Waals surface area (Å²) in [5, 5.41) is 8.62. The maximum Gasteiger partial charge on any atom is 0.573 e. The van der Waals surface area contributed by atoms with Crippen LogP contribution >= 0.6 is 22.6 Å². The summed E-state index contributed by atoms with van der Waals surface area (Å²) in [4.78, 5) is 13.9. The Bertz CT molecular complexity index is 477. The summed E-state index contributed by atoms with van der Waals surface area (Å²) < 4.78 is 64.4. The summed E-state index contributed by atoms with van der Waals surface area (Å²) in [6.45, 7) is 0. The van der Waals surface area contributed by atoms with Gasteiger partial charge in [-0.15, -0.1) is 13.2 Å². The van der Waals surface area contributed by atoms with Gasteiger partial charge in [0, 0.05) is 6.20 Å². The molecule has 0 radical (unpaired) electrons. The fourth-order valence-corrected chi connectivity index (χ4v) is 1.67. The number of rotatable bonds is 3. The van der Waals surface area contributed by atoms with Crippen LogP contribution in [-0.4, -0.2) is 22.4 Å². The molecule has 0 unspecified atom stereocenters. The van der Waals surface area contributed by atoms with Crippen LogP contribution in [0, 0.1) is 3.70 Å². The monoisotopic (exact) mass is 383 g/mol. The minimum atomic E-state index is -5.28. The molecule has 0 bridgehead atoms. The average molecular weight is 383 g/mol. The minimum absolute atomic E-state index is 0.466. The normalized spacial score (nSPS) is 11.7. The second-order valence-electron chi connectivity index (χ2n) is 2.86. The van der Waals surface area contributed by atoms with Crippen molar-refractivity contribution in [3.05, 3.63) is 21.0 Å². The summed E-state index contributed by atoms with van der Waals surface area (Å²) in [6.07, 6.45) is -8.10. The lowest BCUT2D eigenvalue weighted by atomic mass is 10.2. The molecule has 1 aromatic rings. The van der Waals surface area contributed by atoms with Gasteiger partial charge in [-0.25, -0.2) is 18.6 Å². The first-order chi connectivity index (χ1) is 8.13. The highest BCUT2D eigenvalue weighted by atomic mass is 127. The molecule has 0 atom stereocenters. The van der Waals surface area contributed by atoms with Crippen molar-refractivity contribution in [1.82, 2.24) is 4.98 Å². The van der Waals surface area contributed by atoms with Crippen LogP contribution < -0.4 is 4.74 Å². The Labute approximate surface area is 110 Å². The summed E-state index contributed by atoms with van der Waals surface area (Å²) in [7, 11) is 0. The highest BCUT2D eigenvalue weighted by Gasteiger charge is 2.37. The maximum atomic E-state index is 12.6. The quantitative estimate of drug-likeness (QED) is 0.495. The first-order valence-electron chi connectivity index (χ1n) is 4.09. The minimum Gasteiger partial charge on any atom is -0.477 e. The predicted molar refractivity (Wildman–Crippen MR) is 55.6 cm³/mol. The Morgan fingerprint density at radius 2 is 2.00 bits per heavy atom. The van der Waals surface area contributed by atoms with Crippen LogP contribution in [0.15, 0.2) is 6.20 Å². The lowest BCUT2D eigenvalue weighted by Crippen LogP contribution is -2.21. The number of hydrogen-bond donors (Lipinski definition) is 1. The molecule has 0 fully saturated rings. The molecule has 0 aliphatic heterocycles. The standard InChI is InChI=1S/C8H3F5INO3/c9-5(10)3-4(18-8(11,12)13)2(7(16)17)1-15-6(3)14/h1,5H,(H,16,17). The zero-order valence-electron chi connectivity index (χ0n) is 8.13. The molecule has 0 amide bonds. The highest BCUT2D eigenvalue weighted by molar-refractivity contribution is 14.1. The molecule has 1 heterocycles. The van der Waals surface area contributed by atoms with Crippen molar-refractivity contribution in [3.63, 3.8) is 0 Å². The number of carboxylic acids is 1. The van der Waals surface area contributed by atoms with E-state index in [1.165, 1.54) is 22.6 Å². The first kappa shape index (κ1) is 14.9. The molecule has 1 N–H and O–H groups in total. The van der Waals surface area contributed by atoms with E-state index in [0.29, 0.717) is 6.20 Å². The average Bonchev–Trinajstić information content (AvgIpc) is 2.13. The first-order valence-corrected chi connectivity index (χ1v) is 5.17. The van der Waals surface area contributed by atoms with E-state index in [1.54, 1.807) is 0 Å². The number of ether oxygens (including phenoxy) is 1. The van der Waals surface area contributed by atoms with Gasteiger partial charge in [-0.1, -0.05) is 0 Å². The van der Waals surface area contributed by atoms with E-state index in [1.807, 2.05) is 0 Å². The Hall–Kier alpha value is -1.20. The van der Waals surface area contributed by atoms with Crippen LogP contribution in [0.5, 0.6) is 5.75 Å². The van der Waals surface area contributed by atoms with Crippen molar-refractivity contribution >= 4 is 28.6 Å². The smallest absolute Gasteiger partial charge is 0.477 e. The molecule has 0 saturated heterocycles. The fourth-order valence-electron chi connectivity index (χ4n) is 1.06. The summed E-state index contributed by atoms with van der Waals surface area (Å²) in [5.74, 6) is -3.29. The van der Waals surface area contributed by atoms with E-state index >= 15 is 0 Å². The van der Waals surface area contributed by atoms with Crippen LogP contribution in [0.1, 0.15) is 22.3 Å². The molecule has 0 spiro atoms. The Balaban J connectivity index is 3.48. The second kappa shape index (κ2) is 5.20. The number of halogens is 6. The van der Waals surface area contributed by atoms with Crippen LogP contribution in [0.3, 0.4) is 0 Å². The fraction of sp³-hybridized carbons (Fsp3) is 0.250. The second-order valence-corrected chi connectivity index (χ2v) is 3.88.